The van der Waals surface area contributed by atoms with Crippen molar-refractivity contribution in [1.82, 2.24) is 14.1 Å². The van der Waals surface area contributed by atoms with Crippen LogP contribution in [-0.2, 0) is 7.05 Å². The highest BCUT2D eigenvalue weighted by Gasteiger charge is 2.19. The number of carbonyl (C=O) groups excluding carboxylic acids is 1. The van der Waals surface area contributed by atoms with Gasteiger partial charge < -0.3 is 4.57 Å². The van der Waals surface area contributed by atoms with E-state index in [9.17, 15) is 9.59 Å². The zero-order chi connectivity index (χ0) is 23.0. The van der Waals surface area contributed by atoms with E-state index in [-0.39, 0.29) is 23.0 Å². The molecule has 164 valence electrons. The Morgan fingerprint density at radius 2 is 1.75 bits per heavy atom. The maximum absolute atomic E-state index is 13.6. The molecule has 0 aliphatic heterocycles. The van der Waals surface area contributed by atoms with E-state index in [0.29, 0.717) is 16.1 Å². The molecule has 0 unspecified atom stereocenters. The highest BCUT2D eigenvalue weighted by Crippen LogP contribution is 2.28. The van der Waals surface area contributed by atoms with Crippen molar-refractivity contribution in [2.24, 2.45) is 7.05 Å². The van der Waals surface area contributed by atoms with E-state index >= 15 is 0 Å². The first-order chi connectivity index (χ1) is 15.3. The molecule has 0 saturated carbocycles. The van der Waals surface area contributed by atoms with Gasteiger partial charge >= 0.3 is 0 Å². The number of fused-ring (bicyclic) bond motifs is 1. The number of hydrogen-bond acceptors (Lipinski definition) is 4. The molecule has 2 aromatic heterocycles. The lowest BCUT2D eigenvalue weighted by atomic mass is 10.0. The number of Topliss-reactive ketones (excluding diaryl/α,β-unsaturated/α-hetero) is 1. The smallest absolute Gasteiger partial charge is 0.266 e. The van der Waals surface area contributed by atoms with Crippen LogP contribution in [0.1, 0.15) is 47.1 Å². The van der Waals surface area contributed by atoms with Crippen LogP contribution in [0.15, 0.2) is 64.5 Å². The molecule has 0 spiro atoms. The van der Waals surface area contributed by atoms with Crippen LogP contribution < -0.4 is 5.56 Å². The summed E-state index contributed by atoms with van der Waals surface area (Å²) in [5.41, 5.74) is 5.10. The van der Waals surface area contributed by atoms with Gasteiger partial charge in [-0.25, -0.2) is 4.98 Å². The minimum absolute atomic E-state index is 0.0299. The molecule has 32 heavy (non-hydrogen) atoms. The van der Waals surface area contributed by atoms with E-state index < -0.39 is 0 Å². The summed E-state index contributed by atoms with van der Waals surface area (Å²) in [5, 5.41) is 1.09. The number of para-hydroxylation sites is 2. The van der Waals surface area contributed by atoms with Crippen LogP contribution in [0.25, 0.3) is 16.6 Å². The predicted octanol–water partition coefficient (Wildman–Crippen LogP) is 5.44. The van der Waals surface area contributed by atoms with Crippen molar-refractivity contribution in [2.45, 2.75) is 38.8 Å². The molecule has 0 radical (unpaired) electrons. The Balaban J connectivity index is 1.82. The van der Waals surface area contributed by atoms with Crippen LogP contribution in [0.3, 0.4) is 0 Å². The number of hydrogen-bond donors (Lipinski definition) is 0. The Hall–Kier alpha value is -3.12. The summed E-state index contributed by atoms with van der Waals surface area (Å²) in [5.74, 6) is 0.472. The molecule has 0 amide bonds. The fourth-order valence-corrected chi connectivity index (χ4v) is 4.84. The molecular formula is C26H27N3O2S. The Morgan fingerprint density at radius 3 is 2.44 bits per heavy atom. The van der Waals surface area contributed by atoms with Gasteiger partial charge in [-0.3, -0.25) is 14.2 Å². The molecular weight excluding hydrogens is 418 g/mol. The maximum Gasteiger partial charge on any atom is 0.266 e. The standard InChI is InChI=1S/C26H27N3O2S/c1-16(2)19-10-7-9-13-23(19)29-25(31)20-11-6-8-12-22(20)27-26(29)32-15-24(30)21-14-17(3)28(5)18(21)4/h6-14,16H,15H2,1-5H3. The first-order valence-electron chi connectivity index (χ1n) is 10.7. The van der Waals surface area contributed by atoms with Crippen LogP contribution in [0, 0.1) is 13.8 Å². The molecule has 2 aromatic carbocycles. The quantitative estimate of drug-likeness (QED) is 0.225. The minimum atomic E-state index is -0.120. The summed E-state index contributed by atoms with van der Waals surface area (Å²) in [4.78, 5) is 31.4. The first-order valence-corrected chi connectivity index (χ1v) is 11.7. The highest BCUT2D eigenvalue weighted by atomic mass is 32.2. The maximum atomic E-state index is 13.6. The van der Waals surface area contributed by atoms with E-state index in [1.165, 1.54) is 11.8 Å². The minimum Gasteiger partial charge on any atom is -0.351 e. The van der Waals surface area contributed by atoms with Gasteiger partial charge in [-0.1, -0.05) is 55.9 Å². The van der Waals surface area contributed by atoms with Gasteiger partial charge in [0.05, 0.1) is 22.3 Å². The molecule has 5 nitrogen and oxygen atoms in total. The number of benzene rings is 2. The average molecular weight is 446 g/mol. The number of ketones is 1. The lowest BCUT2D eigenvalue weighted by molar-refractivity contribution is 0.102. The van der Waals surface area contributed by atoms with Gasteiger partial charge in [0.2, 0.25) is 0 Å². The van der Waals surface area contributed by atoms with Crippen molar-refractivity contribution < 1.29 is 4.79 Å². The zero-order valence-electron chi connectivity index (χ0n) is 19.0. The Kier molecular flexibility index (Phi) is 6.07. The van der Waals surface area contributed by atoms with Crippen molar-refractivity contribution in [1.29, 1.82) is 0 Å². The third-order valence-electron chi connectivity index (χ3n) is 5.95. The first kappa shape index (κ1) is 22.1. The van der Waals surface area contributed by atoms with E-state index in [0.717, 1.165) is 28.2 Å². The van der Waals surface area contributed by atoms with Crippen LogP contribution in [0.2, 0.25) is 0 Å². The topological polar surface area (TPSA) is 56.9 Å². The van der Waals surface area contributed by atoms with Gasteiger partial charge in [0, 0.05) is 24.0 Å². The average Bonchev–Trinajstić information content (AvgIpc) is 3.05. The van der Waals surface area contributed by atoms with Gasteiger partial charge in [0.1, 0.15) is 0 Å². The molecule has 0 aliphatic carbocycles. The lowest BCUT2D eigenvalue weighted by Crippen LogP contribution is -2.23. The van der Waals surface area contributed by atoms with Crippen LogP contribution in [0.5, 0.6) is 0 Å². The SMILES string of the molecule is Cc1cc(C(=O)CSc2nc3ccccc3c(=O)n2-c2ccccc2C(C)C)c(C)n1C. The lowest BCUT2D eigenvalue weighted by Gasteiger charge is -2.18. The Morgan fingerprint density at radius 1 is 1.06 bits per heavy atom. The number of aromatic nitrogens is 3. The number of aryl methyl sites for hydroxylation is 1. The molecule has 0 saturated heterocycles. The van der Waals surface area contributed by atoms with E-state index in [4.69, 9.17) is 4.98 Å². The highest BCUT2D eigenvalue weighted by molar-refractivity contribution is 7.99. The van der Waals surface area contributed by atoms with E-state index in [2.05, 4.69) is 13.8 Å². The molecule has 0 aliphatic rings. The van der Waals surface area contributed by atoms with Crippen LogP contribution >= 0.6 is 11.8 Å². The fraction of sp³-hybridized carbons (Fsp3) is 0.269. The number of carbonyl (C=O) groups is 1. The second-order valence-electron chi connectivity index (χ2n) is 8.32. The molecule has 0 N–H and O–H groups in total. The number of nitrogens with zero attached hydrogens (tertiary/aromatic N) is 3. The van der Waals surface area contributed by atoms with Crippen molar-refractivity contribution >= 4 is 28.4 Å². The van der Waals surface area contributed by atoms with Crippen molar-refractivity contribution in [3.63, 3.8) is 0 Å². The molecule has 0 fully saturated rings. The van der Waals surface area contributed by atoms with Gasteiger partial charge in [0.15, 0.2) is 10.9 Å². The summed E-state index contributed by atoms with van der Waals surface area (Å²) in [6.45, 7) is 8.15. The normalized spacial score (nSPS) is 11.4. The summed E-state index contributed by atoms with van der Waals surface area (Å²) in [6.07, 6.45) is 0. The molecule has 4 rings (SSSR count). The van der Waals surface area contributed by atoms with Gasteiger partial charge in [0.25, 0.3) is 5.56 Å². The van der Waals surface area contributed by atoms with Gasteiger partial charge in [-0.05, 0) is 49.6 Å². The summed E-state index contributed by atoms with van der Waals surface area (Å²) in [6, 6.07) is 17.2. The van der Waals surface area contributed by atoms with Crippen molar-refractivity contribution in [3.05, 3.63) is 87.5 Å². The molecule has 0 atom stereocenters. The predicted molar refractivity (Wildman–Crippen MR) is 131 cm³/mol. The molecule has 6 heteroatoms. The largest absolute Gasteiger partial charge is 0.351 e. The van der Waals surface area contributed by atoms with Crippen molar-refractivity contribution in [2.75, 3.05) is 5.75 Å². The third kappa shape index (κ3) is 3.91. The Labute approximate surface area is 192 Å². The number of rotatable bonds is 6. The molecule has 0 bridgehead atoms. The van der Waals surface area contributed by atoms with Crippen LogP contribution in [0.4, 0.5) is 0 Å². The van der Waals surface area contributed by atoms with Gasteiger partial charge in [-0.15, -0.1) is 0 Å². The summed E-state index contributed by atoms with van der Waals surface area (Å²) in [7, 11) is 1.96. The zero-order valence-corrected chi connectivity index (χ0v) is 19.9. The number of thioether (sulfide) groups is 1. The summed E-state index contributed by atoms with van der Waals surface area (Å²) < 4.78 is 3.68. The second kappa shape index (κ2) is 8.79. The van der Waals surface area contributed by atoms with Gasteiger partial charge in [-0.2, -0.15) is 0 Å². The summed E-state index contributed by atoms with van der Waals surface area (Å²) >= 11 is 1.31. The van der Waals surface area contributed by atoms with E-state index in [1.807, 2.05) is 74.0 Å². The molecule has 4 aromatic rings. The second-order valence-corrected chi connectivity index (χ2v) is 9.26. The molecule has 2 heterocycles. The van der Waals surface area contributed by atoms with E-state index in [1.54, 1.807) is 10.6 Å². The van der Waals surface area contributed by atoms with Crippen molar-refractivity contribution in [3.8, 4) is 5.69 Å². The Bertz CT molecular complexity index is 1380. The van der Waals surface area contributed by atoms with Crippen LogP contribution in [-0.4, -0.2) is 25.7 Å². The third-order valence-corrected chi connectivity index (χ3v) is 6.89. The fourth-order valence-electron chi connectivity index (χ4n) is 3.95. The monoisotopic (exact) mass is 445 g/mol.